The second kappa shape index (κ2) is 9.05. The molecule has 1 heterocycles. The van der Waals surface area contributed by atoms with Gasteiger partial charge in [0.05, 0.1) is 17.5 Å². The minimum Gasteiger partial charge on any atom is -0.397 e. The largest absolute Gasteiger partial charge is 0.397 e. The third kappa shape index (κ3) is 4.89. The second-order valence-electron chi connectivity index (χ2n) is 7.96. The van der Waals surface area contributed by atoms with Gasteiger partial charge in [-0.3, -0.25) is 0 Å². The van der Waals surface area contributed by atoms with E-state index in [1.54, 1.807) is 6.92 Å². The van der Waals surface area contributed by atoms with Crippen LogP contribution in [0.2, 0.25) is 0 Å². The maximum Gasteiger partial charge on any atom is 0.128 e. The van der Waals surface area contributed by atoms with Crippen LogP contribution in [-0.2, 0) is 4.74 Å². The van der Waals surface area contributed by atoms with Crippen LogP contribution in [0.5, 0.6) is 0 Å². The summed E-state index contributed by atoms with van der Waals surface area (Å²) in [6.07, 6.45) is 8.74. The predicted molar refractivity (Wildman–Crippen MR) is 106 cm³/mol. The summed E-state index contributed by atoms with van der Waals surface area (Å²) in [5.41, 5.74) is 7.99. The van der Waals surface area contributed by atoms with Crippen molar-refractivity contribution < 1.29 is 9.13 Å². The molecule has 2 atom stereocenters. The number of halogens is 1. The van der Waals surface area contributed by atoms with E-state index in [1.807, 2.05) is 6.07 Å². The minimum atomic E-state index is -0.236. The molecule has 0 radical (unpaired) electrons. The van der Waals surface area contributed by atoms with Crippen molar-refractivity contribution in [3.8, 4) is 0 Å². The van der Waals surface area contributed by atoms with E-state index in [-0.39, 0.29) is 5.82 Å². The molecule has 3 N–H and O–H groups in total. The average Bonchev–Trinajstić information content (AvgIpc) is 2.65. The number of nitrogen functional groups attached to an aromatic ring is 1. The molecule has 2 fully saturated rings. The number of hydrogen-bond donors (Lipinski definition) is 2. The molecule has 2 unspecified atom stereocenters. The zero-order valence-electron chi connectivity index (χ0n) is 16.3. The highest BCUT2D eigenvalue weighted by atomic mass is 19.1. The molecule has 1 saturated heterocycles. The van der Waals surface area contributed by atoms with Crippen molar-refractivity contribution in [1.82, 2.24) is 4.90 Å². The number of rotatable bonds is 6. The molecule has 4 nitrogen and oxygen atoms in total. The SMILES string of the molecule is CCCOC1CCCC(N2CCC(Nc3cc(C)c(F)cc3N)CC2)C1. The van der Waals surface area contributed by atoms with Gasteiger partial charge < -0.3 is 20.7 Å². The van der Waals surface area contributed by atoms with Gasteiger partial charge in [0, 0.05) is 31.8 Å². The molecule has 1 aliphatic carbocycles. The summed E-state index contributed by atoms with van der Waals surface area (Å²) in [6.45, 7) is 7.07. The Morgan fingerprint density at radius 3 is 2.73 bits per heavy atom. The molecule has 26 heavy (non-hydrogen) atoms. The van der Waals surface area contributed by atoms with Gasteiger partial charge in [-0.1, -0.05) is 6.92 Å². The molecule has 0 bridgehead atoms. The highest BCUT2D eigenvalue weighted by Gasteiger charge is 2.30. The zero-order chi connectivity index (χ0) is 18.5. The van der Waals surface area contributed by atoms with Crippen molar-refractivity contribution in [2.24, 2.45) is 0 Å². The van der Waals surface area contributed by atoms with Crippen LogP contribution in [0, 0.1) is 12.7 Å². The maximum absolute atomic E-state index is 13.6. The number of anilines is 2. The van der Waals surface area contributed by atoms with Crippen molar-refractivity contribution in [1.29, 1.82) is 0 Å². The van der Waals surface area contributed by atoms with Crippen LogP contribution in [0.4, 0.5) is 15.8 Å². The number of benzene rings is 1. The quantitative estimate of drug-likeness (QED) is 0.739. The van der Waals surface area contributed by atoms with Gasteiger partial charge in [-0.15, -0.1) is 0 Å². The van der Waals surface area contributed by atoms with Crippen LogP contribution in [0.15, 0.2) is 12.1 Å². The van der Waals surface area contributed by atoms with E-state index in [0.717, 1.165) is 44.6 Å². The average molecular weight is 364 g/mol. The fraction of sp³-hybridized carbons (Fsp3) is 0.714. The summed E-state index contributed by atoms with van der Waals surface area (Å²) < 4.78 is 19.6. The van der Waals surface area contributed by atoms with Gasteiger partial charge in [-0.2, -0.15) is 0 Å². The minimum absolute atomic E-state index is 0.236. The van der Waals surface area contributed by atoms with Crippen molar-refractivity contribution in [3.05, 3.63) is 23.5 Å². The molecule has 1 aromatic rings. The van der Waals surface area contributed by atoms with Crippen LogP contribution in [0.3, 0.4) is 0 Å². The number of hydrogen-bond acceptors (Lipinski definition) is 4. The summed E-state index contributed by atoms with van der Waals surface area (Å²) in [6, 6.07) is 4.33. The standard InChI is InChI=1S/C21H34FN3O/c1-3-11-26-18-6-4-5-17(13-18)25-9-7-16(8-10-25)24-21-12-15(2)19(22)14-20(21)23/h12,14,16-18,24H,3-11,13,23H2,1-2H3. The highest BCUT2D eigenvalue weighted by molar-refractivity contribution is 5.67. The first-order chi connectivity index (χ1) is 12.6. The van der Waals surface area contributed by atoms with E-state index < -0.39 is 0 Å². The monoisotopic (exact) mass is 363 g/mol. The number of likely N-dealkylation sites (tertiary alicyclic amines) is 1. The molecule has 1 aliphatic heterocycles. The van der Waals surface area contributed by atoms with E-state index in [0.29, 0.717) is 29.4 Å². The summed E-state index contributed by atoms with van der Waals surface area (Å²) in [7, 11) is 0. The summed E-state index contributed by atoms with van der Waals surface area (Å²) in [5, 5.41) is 3.53. The number of ether oxygens (including phenoxy) is 1. The van der Waals surface area contributed by atoms with E-state index in [1.165, 1.54) is 31.7 Å². The summed E-state index contributed by atoms with van der Waals surface area (Å²) in [4.78, 5) is 2.65. The van der Waals surface area contributed by atoms with Crippen LogP contribution in [0.25, 0.3) is 0 Å². The predicted octanol–water partition coefficient (Wildman–Crippen LogP) is 4.33. The Kier molecular flexibility index (Phi) is 6.76. The molecule has 0 aromatic heterocycles. The van der Waals surface area contributed by atoms with Gasteiger partial charge in [0.2, 0.25) is 0 Å². The lowest BCUT2D eigenvalue weighted by molar-refractivity contribution is -0.00514. The van der Waals surface area contributed by atoms with Gasteiger partial charge >= 0.3 is 0 Å². The van der Waals surface area contributed by atoms with E-state index in [2.05, 4.69) is 17.1 Å². The number of nitrogens with one attached hydrogen (secondary N) is 1. The third-order valence-corrected chi connectivity index (χ3v) is 5.89. The van der Waals surface area contributed by atoms with Gasteiger partial charge in [-0.25, -0.2) is 4.39 Å². The smallest absolute Gasteiger partial charge is 0.128 e. The highest BCUT2D eigenvalue weighted by Crippen LogP contribution is 2.29. The number of piperidine rings is 1. The van der Waals surface area contributed by atoms with E-state index >= 15 is 0 Å². The molecular formula is C21H34FN3O. The Bertz CT molecular complexity index is 587. The molecule has 2 aliphatic rings. The first-order valence-electron chi connectivity index (χ1n) is 10.2. The van der Waals surface area contributed by atoms with Gasteiger partial charge in [0.25, 0.3) is 0 Å². The van der Waals surface area contributed by atoms with Gasteiger partial charge in [0.1, 0.15) is 5.82 Å². The molecule has 5 heteroatoms. The molecule has 3 rings (SSSR count). The molecule has 1 aromatic carbocycles. The Morgan fingerprint density at radius 2 is 2.00 bits per heavy atom. The maximum atomic E-state index is 13.6. The lowest BCUT2D eigenvalue weighted by Crippen LogP contribution is -2.47. The number of nitrogens with two attached hydrogens (primary N) is 1. The van der Waals surface area contributed by atoms with Crippen LogP contribution in [0.1, 0.15) is 57.4 Å². The summed E-state index contributed by atoms with van der Waals surface area (Å²) in [5.74, 6) is -0.236. The normalized spacial score (nSPS) is 25.3. The first kappa shape index (κ1) is 19.4. The third-order valence-electron chi connectivity index (χ3n) is 5.89. The van der Waals surface area contributed by atoms with E-state index in [9.17, 15) is 4.39 Å². The van der Waals surface area contributed by atoms with Crippen molar-refractivity contribution in [2.75, 3.05) is 30.7 Å². The lowest BCUT2D eigenvalue weighted by atomic mass is 9.90. The van der Waals surface area contributed by atoms with Crippen molar-refractivity contribution in [2.45, 2.75) is 77.0 Å². The first-order valence-corrected chi connectivity index (χ1v) is 10.2. The zero-order valence-corrected chi connectivity index (χ0v) is 16.3. The Balaban J connectivity index is 1.49. The van der Waals surface area contributed by atoms with Gasteiger partial charge in [-0.05, 0) is 69.6 Å². The lowest BCUT2D eigenvalue weighted by Gasteiger charge is -2.41. The summed E-state index contributed by atoms with van der Waals surface area (Å²) >= 11 is 0. The molecule has 146 valence electrons. The second-order valence-corrected chi connectivity index (χ2v) is 7.96. The fourth-order valence-corrected chi connectivity index (χ4v) is 4.34. The van der Waals surface area contributed by atoms with Crippen LogP contribution < -0.4 is 11.1 Å². The van der Waals surface area contributed by atoms with Crippen LogP contribution >= 0.6 is 0 Å². The molecule has 1 saturated carbocycles. The van der Waals surface area contributed by atoms with E-state index in [4.69, 9.17) is 10.5 Å². The Morgan fingerprint density at radius 1 is 1.23 bits per heavy atom. The fourth-order valence-electron chi connectivity index (χ4n) is 4.34. The van der Waals surface area contributed by atoms with Gasteiger partial charge in [0.15, 0.2) is 0 Å². The molecule has 0 spiro atoms. The van der Waals surface area contributed by atoms with Crippen molar-refractivity contribution in [3.63, 3.8) is 0 Å². The Hall–Kier alpha value is -1.33. The molecular weight excluding hydrogens is 329 g/mol. The van der Waals surface area contributed by atoms with Crippen LogP contribution in [-0.4, -0.2) is 42.8 Å². The number of nitrogens with zero attached hydrogens (tertiary/aromatic N) is 1. The molecule has 0 amide bonds. The Labute approximate surface area is 157 Å². The van der Waals surface area contributed by atoms with Crippen molar-refractivity contribution >= 4 is 11.4 Å². The topological polar surface area (TPSA) is 50.5 Å². The number of aryl methyl sites for hydroxylation is 1.